The van der Waals surface area contributed by atoms with Crippen molar-refractivity contribution in [2.45, 2.75) is 45.4 Å². The first-order valence-electron chi connectivity index (χ1n) is 10.6. The highest BCUT2D eigenvalue weighted by Gasteiger charge is 2.32. The molecule has 4 rings (SSSR count). The summed E-state index contributed by atoms with van der Waals surface area (Å²) in [5.74, 6) is 0.561. The summed E-state index contributed by atoms with van der Waals surface area (Å²) in [6, 6.07) is 5.53. The van der Waals surface area contributed by atoms with Crippen molar-refractivity contribution in [3.8, 4) is 0 Å². The van der Waals surface area contributed by atoms with Gasteiger partial charge in [0.1, 0.15) is 15.8 Å². The van der Waals surface area contributed by atoms with Crippen LogP contribution in [-0.2, 0) is 4.79 Å². The Balaban J connectivity index is 1.76. The molecule has 2 fully saturated rings. The van der Waals surface area contributed by atoms with Crippen LogP contribution in [0.25, 0.3) is 11.7 Å². The van der Waals surface area contributed by atoms with Crippen molar-refractivity contribution in [2.24, 2.45) is 0 Å². The normalized spacial score (nSPS) is 18.8. The number of aromatic nitrogens is 2. The molecule has 2 aromatic rings. The molecule has 8 heteroatoms. The van der Waals surface area contributed by atoms with Crippen LogP contribution in [0, 0.1) is 0 Å². The largest absolute Gasteiger partial charge is 0.356 e. The number of anilines is 1. The van der Waals surface area contributed by atoms with Gasteiger partial charge in [0.25, 0.3) is 11.5 Å². The number of hydrogen-bond donors (Lipinski definition) is 0. The van der Waals surface area contributed by atoms with Crippen LogP contribution in [0.1, 0.15) is 51.0 Å². The Morgan fingerprint density at radius 2 is 1.97 bits per heavy atom. The van der Waals surface area contributed by atoms with Gasteiger partial charge in [-0.05, 0) is 43.9 Å². The number of fused-ring (bicyclic) bond motifs is 1. The molecule has 4 heterocycles. The summed E-state index contributed by atoms with van der Waals surface area (Å²) in [7, 11) is 0. The lowest BCUT2D eigenvalue weighted by molar-refractivity contribution is -0.122. The highest BCUT2D eigenvalue weighted by Crippen LogP contribution is 2.34. The minimum Gasteiger partial charge on any atom is -0.356 e. The maximum atomic E-state index is 13.3. The molecule has 2 aromatic heterocycles. The molecular weight excluding hydrogens is 416 g/mol. The number of thioether (sulfide) groups is 1. The van der Waals surface area contributed by atoms with Gasteiger partial charge in [-0.2, -0.15) is 0 Å². The summed E-state index contributed by atoms with van der Waals surface area (Å²) in [5, 5.41) is 0. The van der Waals surface area contributed by atoms with E-state index in [9.17, 15) is 9.59 Å². The van der Waals surface area contributed by atoms with Crippen molar-refractivity contribution in [2.75, 3.05) is 24.5 Å². The van der Waals surface area contributed by atoms with Crippen LogP contribution in [0.3, 0.4) is 0 Å². The minimum absolute atomic E-state index is 0.108. The van der Waals surface area contributed by atoms with E-state index in [0.29, 0.717) is 32.8 Å². The molecule has 2 saturated heterocycles. The van der Waals surface area contributed by atoms with Gasteiger partial charge >= 0.3 is 0 Å². The van der Waals surface area contributed by atoms with Crippen LogP contribution in [-0.4, -0.2) is 44.1 Å². The molecule has 2 aliphatic heterocycles. The third kappa shape index (κ3) is 4.16. The second kappa shape index (κ2) is 9.31. The van der Waals surface area contributed by atoms with Crippen LogP contribution in [0.4, 0.5) is 5.82 Å². The molecule has 0 unspecified atom stereocenters. The number of carbonyl (C=O) groups excluding carboxylic acids is 1. The molecular formula is C22H26N4O2S2. The third-order valence-electron chi connectivity index (χ3n) is 5.54. The predicted molar refractivity (Wildman–Crippen MR) is 127 cm³/mol. The Morgan fingerprint density at radius 3 is 2.73 bits per heavy atom. The number of nitrogens with zero attached hydrogens (tertiary/aromatic N) is 4. The van der Waals surface area contributed by atoms with E-state index in [4.69, 9.17) is 17.2 Å². The third-order valence-corrected chi connectivity index (χ3v) is 6.92. The van der Waals surface area contributed by atoms with E-state index in [0.717, 1.165) is 45.2 Å². The van der Waals surface area contributed by atoms with E-state index in [1.807, 2.05) is 18.2 Å². The topological polar surface area (TPSA) is 57.9 Å². The number of rotatable bonds is 6. The molecule has 0 spiro atoms. The number of thiocarbonyl (C=S) groups is 1. The van der Waals surface area contributed by atoms with Crippen molar-refractivity contribution in [1.29, 1.82) is 0 Å². The molecule has 30 heavy (non-hydrogen) atoms. The lowest BCUT2D eigenvalue weighted by Crippen LogP contribution is -2.33. The lowest BCUT2D eigenvalue weighted by atomic mass is 10.1. The number of amides is 1. The first-order chi connectivity index (χ1) is 14.6. The fourth-order valence-corrected chi connectivity index (χ4v) is 5.20. The molecule has 0 atom stereocenters. The molecule has 0 radical (unpaired) electrons. The molecule has 158 valence electrons. The van der Waals surface area contributed by atoms with Crippen molar-refractivity contribution in [1.82, 2.24) is 14.3 Å². The Bertz CT molecular complexity index is 1060. The molecule has 6 nitrogen and oxygen atoms in total. The molecule has 0 aliphatic carbocycles. The van der Waals surface area contributed by atoms with Gasteiger partial charge < -0.3 is 4.90 Å². The Morgan fingerprint density at radius 1 is 1.17 bits per heavy atom. The number of pyridine rings is 1. The SMILES string of the molecule is CCCCCN1C(=O)C(=Cc2c(N3CCCCC3)nc3ccccn3c2=O)SC1=S. The van der Waals surface area contributed by atoms with E-state index in [1.165, 1.54) is 18.2 Å². The van der Waals surface area contributed by atoms with Crippen LogP contribution < -0.4 is 10.5 Å². The summed E-state index contributed by atoms with van der Waals surface area (Å²) >= 11 is 6.72. The van der Waals surface area contributed by atoms with E-state index in [-0.39, 0.29) is 11.5 Å². The van der Waals surface area contributed by atoms with Crippen molar-refractivity contribution in [3.05, 3.63) is 45.2 Å². The number of hydrogen-bond acceptors (Lipinski definition) is 6. The second-order valence-corrected chi connectivity index (χ2v) is 9.35. The highest BCUT2D eigenvalue weighted by molar-refractivity contribution is 8.26. The molecule has 1 amide bonds. The fraction of sp³-hybridized carbons (Fsp3) is 0.455. The predicted octanol–water partition coefficient (Wildman–Crippen LogP) is 4.08. The van der Waals surface area contributed by atoms with E-state index >= 15 is 0 Å². The van der Waals surface area contributed by atoms with Crippen LogP contribution >= 0.6 is 24.0 Å². The van der Waals surface area contributed by atoms with Crippen molar-refractivity contribution >= 4 is 51.7 Å². The summed E-state index contributed by atoms with van der Waals surface area (Å²) in [4.78, 5) is 35.5. The highest BCUT2D eigenvalue weighted by atomic mass is 32.2. The van der Waals surface area contributed by atoms with Crippen LogP contribution in [0.15, 0.2) is 34.1 Å². The maximum Gasteiger partial charge on any atom is 0.267 e. The zero-order valence-corrected chi connectivity index (χ0v) is 18.8. The second-order valence-electron chi connectivity index (χ2n) is 7.67. The molecule has 0 saturated carbocycles. The number of piperidine rings is 1. The monoisotopic (exact) mass is 442 g/mol. The van der Waals surface area contributed by atoms with Gasteiger partial charge in [0.05, 0.1) is 10.5 Å². The number of unbranched alkanes of at least 4 members (excludes halogenated alkanes) is 2. The van der Waals surface area contributed by atoms with Gasteiger partial charge in [-0.1, -0.05) is 49.8 Å². The van der Waals surface area contributed by atoms with Gasteiger partial charge in [0, 0.05) is 25.8 Å². The van der Waals surface area contributed by atoms with E-state index < -0.39 is 0 Å². The first-order valence-corrected chi connectivity index (χ1v) is 11.8. The summed E-state index contributed by atoms with van der Waals surface area (Å²) < 4.78 is 2.11. The summed E-state index contributed by atoms with van der Waals surface area (Å²) in [6.45, 7) is 4.50. The van der Waals surface area contributed by atoms with E-state index in [1.54, 1.807) is 21.6 Å². The quantitative estimate of drug-likeness (QED) is 0.382. The van der Waals surface area contributed by atoms with Crippen molar-refractivity contribution < 1.29 is 4.79 Å². The Kier molecular flexibility index (Phi) is 6.53. The van der Waals surface area contributed by atoms with Gasteiger partial charge in [-0.15, -0.1) is 0 Å². The van der Waals surface area contributed by atoms with Gasteiger partial charge in [0.2, 0.25) is 0 Å². The van der Waals surface area contributed by atoms with Crippen LogP contribution in [0.5, 0.6) is 0 Å². The van der Waals surface area contributed by atoms with E-state index in [2.05, 4.69) is 11.8 Å². The zero-order valence-electron chi connectivity index (χ0n) is 17.2. The Labute approximate surface area is 186 Å². The molecule has 0 N–H and O–H groups in total. The summed E-state index contributed by atoms with van der Waals surface area (Å²) in [5.41, 5.74) is 0.930. The summed E-state index contributed by atoms with van der Waals surface area (Å²) in [6.07, 6.45) is 9.85. The fourth-order valence-electron chi connectivity index (χ4n) is 3.91. The Hall–Kier alpha value is -2.19. The first kappa shape index (κ1) is 21.1. The molecule has 0 aromatic carbocycles. The van der Waals surface area contributed by atoms with Gasteiger partial charge in [0.15, 0.2) is 0 Å². The zero-order chi connectivity index (χ0) is 21.1. The standard InChI is InChI=1S/C22H26N4O2S2/c1-2-3-6-14-26-21(28)17(30-22(26)29)15-16-19(24-11-7-4-8-12-24)23-18-10-5-9-13-25(18)20(16)27/h5,9-10,13,15H,2-4,6-8,11-12,14H2,1H3. The minimum atomic E-state index is -0.155. The molecule has 2 aliphatic rings. The lowest BCUT2D eigenvalue weighted by Gasteiger charge is -2.29. The van der Waals surface area contributed by atoms with Crippen molar-refractivity contribution in [3.63, 3.8) is 0 Å². The average molecular weight is 443 g/mol. The van der Waals surface area contributed by atoms with Gasteiger partial charge in [-0.3, -0.25) is 18.9 Å². The maximum absolute atomic E-state index is 13.3. The van der Waals surface area contributed by atoms with Gasteiger partial charge in [-0.25, -0.2) is 4.98 Å². The van der Waals surface area contributed by atoms with Crippen LogP contribution in [0.2, 0.25) is 0 Å². The smallest absolute Gasteiger partial charge is 0.267 e. The molecule has 0 bridgehead atoms. The average Bonchev–Trinajstić information content (AvgIpc) is 3.03. The number of carbonyl (C=O) groups is 1.